The number of carbonyl (C=O) groups excluding carboxylic acids is 2. The van der Waals surface area contributed by atoms with Crippen LogP contribution in [-0.4, -0.2) is 53.5 Å². The molecule has 0 aromatic heterocycles. The van der Waals surface area contributed by atoms with Gasteiger partial charge in [0.1, 0.15) is 6.04 Å². The number of hydrogen-bond acceptors (Lipinski definition) is 5. The van der Waals surface area contributed by atoms with E-state index in [2.05, 4.69) is 0 Å². The molecule has 2 atom stereocenters. The Bertz CT molecular complexity index is 341. The molecule has 1 aliphatic heterocycles. The first-order valence-corrected chi connectivity index (χ1v) is 7.75. The van der Waals surface area contributed by atoms with E-state index in [1.807, 2.05) is 20.8 Å². The first-order valence-electron chi connectivity index (χ1n) is 6.59. The van der Waals surface area contributed by atoms with Crippen LogP contribution >= 0.6 is 11.8 Å². The third-order valence-electron chi connectivity index (χ3n) is 3.17. The molecule has 1 heterocycles. The summed E-state index contributed by atoms with van der Waals surface area (Å²) in [5.41, 5.74) is 5.69. The predicted molar refractivity (Wildman–Crippen MR) is 76.9 cm³/mol. The van der Waals surface area contributed by atoms with Crippen molar-refractivity contribution in [3.05, 3.63) is 0 Å². The van der Waals surface area contributed by atoms with Crippen LogP contribution in [0.15, 0.2) is 0 Å². The lowest BCUT2D eigenvalue weighted by molar-refractivity contribution is -0.155. The monoisotopic (exact) mass is 288 g/mol. The van der Waals surface area contributed by atoms with Gasteiger partial charge in [0.05, 0.1) is 12.6 Å². The van der Waals surface area contributed by atoms with E-state index in [9.17, 15) is 9.59 Å². The largest absolute Gasteiger partial charge is 0.464 e. The van der Waals surface area contributed by atoms with E-state index >= 15 is 0 Å². The summed E-state index contributed by atoms with van der Waals surface area (Å²) in [4.78, 5) is 26.0. The maximum Gasteiger partial charge on any atom is 0.329 e. The first-order chi connectivity index (χ1) is 8.79. The Kier molecular flexibility index (Phi) is 5.67. The molecular formula is C13H24N2O3S. The summed E-state index contributed by atoms with van der Waals surface area (Å²) in [5.74, 6) is 0.926. The summed E-state index contributed by atoms with van der Waals surface area (Å²) in [7, 11) is 0. The smallest absolute Gasteiger partial charge is 0.329 e. The third kappa shape index (κ3) is 4.11. The molecule has 1 fully saturated rings. The minimum atomic E-state index is -0.604. The summed E-state index contributed by atoms with van der Waals surface area (Å²) in [6, 6.07) is -1.10. The van der Waals surface area contributed by atoms with Gasteiger partial charge in [-0.25, -0.2) is 4.79 Å². The van der Waals surface area contributed by atoms with Crippen LogP contribution in [0.1, 0.15) is 27.7 Å². The second-order valence-corrected chi connectivity index (χ2v) is 6.87. The van der Waals surface area contributed by atoms with Crippen LogP contribution in [-0.2, 0) is 14.3 Å². The average Bonchev–Trinajstić information content (AvgIpc) is 2.36. The summed E-state index contributed by atoms with van der Waals surface area (Å²) in [6.45, 7) is 8.42. The van der Waals surface area contributed by atoms with Gasteiger partial charge in [-0.05, 0) is 12.3 Å². The second kappa shape index (κ2) is 6.61. The Morgan fingerprint density at radius 2 is 2.11 bits per heavy atom. The molecule has 0 bridgehead atoms. The number of amides is 1. The second-order valence-electron chi connectivity index (χ2n) is 5.72. The lowest BCUT2D eigenvalue weighted by Gasteiger charge is -2.38. The van der Waals surface area contributed by atoms with Gasteiger partial charge in [-0.2, -0.15) is 11.8 Å². The highest BCUT2D eigenvalue weighted by atomic mass is 32.2. The Balaban J connectivity index is 2.82. The van der Waals surface area contributed by atoms with Crippen LogP contribution in [0, 0.1) is 5.41 Å². The van der Waals surface area contributed by atoms with Gasteiger partial charge in [0.2, 0.25) is 5.91 Å². The number of hydrogen-bond donors (Lipinski definition) is 1. The average molecular weight is 288 g/mol. The van der Waals surface area contributed by atoms with Gasteiger partial charge in [-0.15, -0.1) is 0 Å². The van der Waals surface area contributed by atoms with E-state index in [-0.39, 0.29) is 17.3 Å². The van der Waals surface area contributed by atoms with E-state index in [4.69, 9.17) is 10.5 Å². The van der Waals surface area contributed by atoms with Crippen molar-refractivity contribution in [2.45, 2.75) is 39.8 Å². The highest BCUT2D eigenvalue weighted by molar-refractivity contribution is 7.99. The molecule has 19 heavy (non-hydrogen) atoms. The fourth-order valence-corrected chi connectivity index (χ4v) is 2.88. The lowest BCUT2D eigenvalue weighted by Crippen LogP contribution is -2.58. The Morgan fingerprint density at radius 3 is 2.63 bits per heavy atom. The van der Waals surface area contributed by atoms with Gasteiger partial charge >= 0.3 is 5.97 Å². The minimum absolute atomic E-state index is 0.161. The van der Waals surface area contributed by atoms with Gasteiger partial charge < -0.3 is 15.4 Å². The topological polar surface area (TPSA) is 72.6 Å². The van der Waals surface area contributed by atoms with Gasteiger partial charge in [0, 0.05) is 18.1 Å². The molecule has 1 unspecified atom stereocenters. The number of esters is 1. The summed E-state index contributed by atoms with van der Waals surface area (Å²) in [6.07, 6.45) is 0. The molecule has 110 valence electrons. The minimum Gasteiger partial charge on any atom is -0.464 e. The van der Waals surface area contributed by atoms with Crippen LogP contribution in [0.2, 0.25) is 0 Å². The fourth-order valence-electron chi connectivity index (χ4n) is 1.85. The number of carbonyl (C=O) groups is 2. The molecule has 0 spiro atoms. The summed E-state index contributed by atoms with van der Waals surface area (Å²) < 4.78 is 5.04. The van der Waals surface area contributed by atoms with E-state index in [1.54, 1.807) is 23.6 Å². The maximum atomic E-state index is 12.4. The van der Waals surface area contributed by atoms with Crippen molar-refractivity contribution in [2.75, 3.05) is 24.7 Å². The molecule has 0 aromatic rings. The molecule has 0 aromatic carbocycles. The van der Waals surface area contributed by atoms with Crippen molar-refractivity contribution in [1.82, 2.24) is 4.90 Å². The van der Waals surface area contributed by atoms with E-state index in [0.29, 0.717) is 18.9 Å². The number of rotatable bonds is 3. The molecule has 0 radical (unpaired) electrons. The van der Waals surface area contributed by atoms with Gasteiger partial charge in [0.25, 0.3) is 0 Å². The van der Waals surface area contributed by atoms with Crippen LogP contribution in [0.25, 0.3) is 0 Å². The predicted octanol–water partition coefficient (Wildman–Crippen LogP) is 0.867. The lowest BCUT2D eigenvalue weighted by atomic mass is 9.86. The molecule has 1 amide bonds. The molecule has 2 N–H and O–H groups in total. The quantitative estimate of drug-likeness (QED) is 0.780. The maximum absolute atomic E-state index is 12.4. The third-order valence-corrected chi connectivity index (χ3v) is 4.19. The number of nitrogens with zero attached hydrogens (tertiary/aromatic N) is 1. The zero-order valence-electron chi connectivity index (χ0n) is 12.1. The van der Waals surface area contributed by atoms with Crippen molar-refractivity contribution in [3.8, 4) is 0 Å². The van der Waals surface area contributed by atoms with Crippen LogP contribution < -0.4 is 5.73 Å². The Hall–Kier alpha value is -0.750. The van der Waals surface area contributed by atoms with Crippen molar-refractivity contribution in [1.29, 1.82) is 0 Å². The van der Waals surface area contributed by atoms with Gasteiger partial charge in [-0.3, -0.25) is 4.79 Å². The van der Waals surface area contributed by atoms with Crippen LogP contribution in [0.5, 0.6) is 0 Å². The van der Waals surface area contributed by atoms with Crippen molar-refractivity contribution >= 4 is 23.6 Å². The molecule has 1 aliphatic rings. The zero-order valence-corrected chi connectivity index (χ0v) is 13.0. The number of ether oxygens (including phenoxy) is 1. The SMILES string of the molecule is CCOC(=O)C1CSCCN1C(=O)[C@@H](N)C(C)(C)C. The van der Waals surface area contributed by atoms with Gasteiger partial charge in [0.15, 0.2) is 0 Å². The zero-order chi connectivity index (χ0) is 14.6. The Morgan fingerprint density at radius 1 is 1.47 bits per heavy atom. The van der Waals surface area contributed by atoms with E-state index < -0.39 is 12.1 Å². The normalized spacial score (nSPS) is 21.9. The van der Waals surface area contributed by atoms with Crippen molar-refractivity contribution < 1.29 is 14.3 Å². The summed E-state index contributed by atoms with van der Waals surface area (Å²) in [5, 5.41) is 0. The highest BCUT2D eigenvalue weighted by Crippen LogP contribution is 2.23. The van der Waals surface area contributed by atoms with E-state index in [0.717, 1.165) is 5.75 Å². The number of thioether (sulfide) groups is 1. The van der Waals surface area contributed by atoms with Crippen LogP contribution in [0.4, 0.5) is 0 Å². The summed E-state index contributed by atoms with van der Waals surface area (Å²) >= 11 is 1.66. The molecule has 6 heteroatoms. The standard InChI is InChI=1S/C13H24N2O3S/c1-5-18-12(17)9-8-19-7-6-15(9)11(16)10(14)13(2,3)4/h9-10H,5-8,14H2,1-4H3/t9?,10-/m1/s1. The van der Waals surface area contributed by atoms with Gasteiger partial charge in [-0.1, -0.05) is 20.8 Å². The van der Waals surface area contributed by atoms with Crippen LogP contribution in [0.3, 0.4) is 0 Å². The molecule has 1 saturated heterocycles. The molecule has 5 nitrogen and oxygen atoms in total. The van der Waals surface area contributed by atoms with Crippen molar-refractivity contribution in [3.63, 3.8) is 0 Å². The molecular weight excluding hydrogens is 264 g/mol. The molecule has 0 aliphatic carbocycles. The fraction of sp³-hybridized carbons (Fsp3) is 0.846. The van der Waals surface area contributed by atoms with E-state index in [1.165, 1.54) is 0 Å². The number of nitrogens with two attached hydrogens (primary N) is 1. The first kappa shape index (κ1) is 16.3. The highest BCUT2D eigenvalue weighted by Gasteiger charge is 2.38. The molecule has 1 rings (SSSR count). The Labute approximate surface area is 119 Å². The molecule has 0 saturated carbocycles. The van der Waals surface area contributed by atoms with Crippen molar-refractivity contribution in [2.24, 2.45) is 11.1 Å².